The summed E-state index contributed by atoms with van der Waals surface area (Å²) in [6.07, 6.45) is 0. The number of ether oxygens (including phenoxy) is 1. The van der Waals surface area contributed by atoms with E-state index in [1.54, 1.807) is 6.92 Å². The van der Waals surface area contributed by atoms with E-state index >= 15 is 0 Å². The molecule has 92 valence electrons. The number of hydrogen-bond donors (Lipinski definition) is 1. The molecule has 1 aromatic rings. The first kappa shape index (κ1) is 14.1. The van der Waals surface area contributed by atoms with Crippen molar-refractivity contribution in [2.45, 2.75) is 6.92 Å². The Morgan fingerprint density at radius 2 is 1.76 bits per heavy atom. The van der Waals surface area contributed by atoms with Gasteiger partial charge in [-0.1, -0.05) is 34.8 Å². The number of halogens is 3. The first-order valence-corrected chi connectivity index (χ1v) is 5.71. The third kappa shape index (κ3) is 3.77. The van der Waals surface area contributed by atoms with Crippen LogP contribution in [0.15, 0.2) is 12.1 Å². The fourth-order valence-electron chi connectivity index (χ4n) is 1.01. The minimum Gasteiger partial charge on any atom is -0.459 e. The molecule has 7 heteroatoms. The summed E-state index contributed by atoms with van der Waals surface area (Å²) < 4.78 is 4.52. The van der Waals surface area contributed by atoms with Gasteiger partial charge in [0, 0.05) is 5.69 Å². The first-order valence-electron chi connectivity index (χ1n) is 4.58. The number of rotatable bonds is 2. The van der Waals surface area contributed by atoms with Gasteiger partial charge in [0.2, 0.25) is 0 Å². The molecule has 0 aliphatic rings. The van der Waals surface area contributed by atoms with Gasteiger partial charge in [-0.05, 0) is 19.1 Å². The molecule has 0 aliphatic heterocycles. The predicted molar refractivity (Wildman–Crippen MR) is 66.7 cm³/mol. The third-order valence-corrected chi connectivity index (χ3v) is 2.90. The lowest BCUT2D eigenvalue weighted by Crippen LogP contribution is -2.24. The van der Waals surface area contributed by atoms with Crippen molar-refractivity contribution in [2.75, 3.05) is 11.9 Å². The number of carbonyl (C=O) groups excluding carboxylic acids is 2. The Kier molecular flexibility index (Phi) is 5.05. The number of carbonyl (C=O) groups is 2. The van der Waals surface area contributed by atoms with Gasteiger partial charge >= 0.3 is 11.9 Å². The van der Waals surface area contributed by atoms with E-state index in [-0.39, 0.29) is 27.4 Å². The Balaban J connectivity index is 2.82. The Hall–Kier alpha value is -0.970. The molecule has 0 bridgehead atoms. The zero-order valence-corrected chi connectivity index (χ0v) is 11.0. The number of benzene rings is 1. The standard InChI is InChI=1S/C10H8Cl3NO3/c1-2-17-10(16)9(15)14-5-3-6(11)8(13)7(12)4-5/h3-4H,2H2,1H3,(H,14,15). The number of amides is 1. The Bertz CT molecular complexity index is 439. The normalized spacial score (nSPS) is 9.88. The second-order valence-electron chi connectivity index (χ2n) is 2.93. The van der Waals surface area contributed by atoms with Gasteiger partial charge in [-0.25, -0.2) is 4.79 Å². The smallest absolute Gasteiger partial charge is 0.397 e. The van der Waals surface area contributed by atoms with Gasteiger partial charge < -0.3 is 10.1 Å². The lowest BCUT2D eigenvalue weighted by atomic mass is 10.3. The highest BCUT2D eigenvalue weighted by Crippen LogP contribution is 2.33. The highest BCUT2D eigenvalue weighted by atomic mass is 35.5. The molecule has 0 aromatic heterocycles. The van der Waals surface area contributed by atoms with Crippen LogP contribution in [0.25, 0.3) is 0 Å². The van der Waals surface area contributed by atoms with Crippen LogP contribution in [-0.2, 0) is 14.3 Å². The molecule has 0 aliphatic carbocycles. The number of anilines is 1. The Labute approximate surface area is 113 Å². The fraction of sp³-hybridized carbons (Fsp3) is 0.200. The van der Waals surface area contributed by atoms with Crippen LogP contribution >= 0.6 is 34.8 Å². The van der Waals surface area contributed by atoms with E-state index in [4.69, 9.17) is 34.8 Å². The van der Waals surface area contributed by atoms with Crippen molar-refractivity contribution in [3.63, 3.8) is 0 Å². The van der Waals surface area contributed by atoms with Crippen molar-refractivity contribution in [3.05, 3.63) is 27.2 Å². The molecule has 0 saturated heterocycles. The van der Waals surface area contributed by atoms with E-state index in [1.807, 2.05) is 0 Å². The maximum absolute atomic E-state index is 11.3. The summed E-state index contributed by atoms with van der Waals surface area (Å²) in [4.78, 5) is 22.4. The Morgan fingerprint density at radius 1 is 1.24 bits per heavy atom. The van der Waals surface area contributed by atoms with Crippen LogP contribution in [0.3, 0.4) is 0 Å². The molecule has 0 atom stereocenters. The van der Waals surface area contributed by atoms with Gasteiger partial charge in [0.1, 0.15) is 0 Å². The molecule has 1 N–H and O–H groups in total. The summed E-state index contributed by atoms with van der Waals surface area (Å²) in [5, 5.41) is 2.84. The van der Waals surface area contributed by atoms with Gasteiger partial charge in [0.25, 0.3) is 0 Å². The van der Waals surface area contributed by atoms with Crippen molar-refractivity contribution >= 4 is 52.4 Å². The molecule has 0 saturated carbocycles. The predicted octanol–water partition coefficient (Wildman–Crippen LogP) is 3.15. The van der Waals surface area contributed by atoms with Gasteiger partial charge in [0.15, 0.2) is 0 Å². The van der Waals surface area contributed by atoms with E-state index < -0.39 is 11.9 Å². The summed E-state index contributed by atoms with van der Waals surface area (Å²) in [5.41, 5.74) is 0.266. The van der Waals surface area contributed by atoms with Crippen LogP contribution in [-0.4, -0.2) is 18.5 Å². The maximum Gasteiger partial charge on any atom is 0.397 e. The number of nitrogens with one attached hydrogen (secondary N) is 1. The zero-order chi connectivity index (χ0) is 13.0. The lowest BCUT2D eigenvalue weighted by molar-refractivity contribution is -0.152. The van der Waals surface area contributed by atoms with E-state index in [9.17, 15) is 9.59 Å². The minimum absolute atomic E-state index is 0.119. The van der Waals surface area contributed by atoms with Crippen molar-refractivity contribution in [1.82, 2.24) is 0 Å². The fourth-order valence-corrected chi connectivity index (χ4v) is 1.60. The van der Waals surface area contributed by atoms with Crippen LogP contribution in [0, 0.1) is 0 Å². The lowest BCUT2D eigenvalue weighted by Gasteiger charge is -2.07. The summed E-state index contributed by atoms with van der Waals surface area (Å²) in [7, 11) is 0. The average Bonchev–Trinajstić information content (AvgIpc) is 2.26. The van der Waals surface area contributed by atoms with Crippen molar-refractivity contribution in [1.29, 1.82) is 0 Å². The third-order valence-electron chi connectivity index (χ3n) is 1.70. The molecular formula is C10H8Cl3NO3. The molecule has 1 amide bonds. The summed E-state index contributed by atoms with van der Waals surface area (Å²) in [6.45, 7) is 1.72. The topological polar surface area (TPSA) is 55.4 Å². The minimum atomic E-state index is -0.977. The molecule has 1 aromatic carbocycles. The summed E-state index contributed by atoms with van der Waals surface area (Å²) >= 11 is 17.2. The molecule has 4 nitrogen and oxygen atoms in total. The van der Waals surface area contributed by atoms with Crippen molar-refractivity contribution in [3.8, 4) is 0 Å². The van der Waals surface area contributed by atoms with Crippen molar-refractivity contribution in [2.24, 2.45) is 0 Å². The highest BCUT2D eigenvalue weighted by molar-refractivity contribution is 6.48. The molecule has 0 heterocycles. The highest BCUT2D eigenvalue weighted by Gasteiger charge is 2.16. The monoisotopic (exact) mass is 295 g/mol. The van der Waals surface area contributed by atoms with E-state index in [2.05, 4.69) is 10.1 Å². The SMILES string of the molecule is CCOC(=O)C(=O)Nc1cc(Cl)c(Cl)c(Cl)c1. The molecular weight excluding hydrogens is 288 g/mol. The molecule has 0 spiro atoms. The maximum atomic E-state index is 11.3. The van der Waals surface area contributed by atoms with Gasteiger partial charge in [-0.3, -0.25) is 4.79 Å². The van der Waals surface area contributed by atoms with E-state index in [1.165, 1.54) is 12.1 Å². The molecule has 17 heavy (non-hydrogen) atoms. The Morgan fingerprint density at radius 3 is 2.24 bits per heavy atom. The van der Waals surface area contributed by atoms with E-state index in [0.29, 0.717) is 0 Å². The molecule has 0 radical (unpaired) electrons. The summed E-state index contributed by atoms with van der Waals surface area (Å²) in [6, 6.07) is 2.76. The summed E-state index contributed by atoms with van der Waals surface area (Å²) in [5.74, 6) is -1.88. The van der Waals surface area contributed by atoms with Gasteiger partial charge in [0.05, 0.1) is 21.7 Å². The largest absolute Gasteiger partial charge is 0.459 e. The van der Waals surface area contributed by atoms with Gasteiger partial charge in [-0.15, -0.1) is 0 Å². The number of esters is 1. The number of hydrogen-bond acceptors (Lipinski definition) is 3. The zero-order valence-electron chi connectivity index (χ0n) is 8.72. The second kappa shape index (κ2) is 6.10. The quantitative estimate of drug-likeness (QED) is 0.518. The van der Waals surface area contributed by atoms with Crippen LogP contribution in [0.2, 0.25) is 15.1 Å². The average molecular weight is 297 g/mol. The first-order chi connectivity index (χ1) is 7.95. The van der Waals surface area contributed by atoms with Crippen LogP contribution in [0.1, 0.15) is 6.92 Å². The van der Waals surface area contributed by atoms with Crippen molar-refractivity contribution < 1.29 is 14.3 Å². The molecule has 0 unspecified atom stereocenters. The van der Waals surface area contributed by atoms with Gasteiger partial charge in [-0.2, -0.15) is 0 Å². The molecule has 0 fully saturated rings. The molecule has 1 rings (SSSR count). The van der Waals surface area contributed by atoms with Crippen LogP contribution < -0.4 is 5.32 Å². The second-order valence-corrected chi connectivity index (χ2v) is 4.12. The van der Waals surface area contributed by atoms with Crippen LogP contribution in [0.5, 0.6) is 0 Å². The van der Waals surface area contributed by atoms with Crippen LogP contribution in [0.4, 0.5) is 5.69 Å². The van der Waals surface area contributed by atoms with E-state index in [0.717, 1.165) is 0 Å².